The van der Waals surface area contributed by atoms with Gasteiger partial charge in [0.05, 0.1) is 13.2 Å². The van der Waals surface area contributed by atoms with Gasteiger partial charge in [-0.2, -0.15) is 13.2 Å². The molecule has 0 saturated carbocycles. The van der Waals surface area contributed by atoms with E-state index in [0.29, 0.717) is 12.2 Å². The van der Waals surface area contributed by atoms with E-state index in [2.05, 4.69) is 16.1 Å². The van der Waals surface area contributed by atoms with Crippen molar-refractivity contribution >= 4 is 11.9 Å². The molecule has 0 aliphatic rings. The summed E-state index contributed by atoms with van der Waals surface area (Å²) in [7, 11) is 0. The summed E-state index contributed by atoms with van der Waals surface area (Å²) in [6, 6.07) is 15.1. The normalized spacial score (nSPS) is 12.9. The minimum atomic E-state index is -5.19. The Balaban J connectivity index is 1.89. The van der Waals surface area contributed by atoms with Crippen LogP contribution in [0.3, 0.4) is 0 Å². The van der Waals surface area contributed by atoms with Gasteiger partial charge in [-0.3, -0.25) is 0 Å². The molecule has 0 heterocycles. The summed E-state index contributed by atoms with van der Waals surface area (Å²) in [4.78, 5) is 22.2. The van der Waals surface area contributed by atoms with Crippen molar-refractivity contribution in [1.29, 1.82) is 0 Å². The van der Waals surface area contributed by atoms with Crippen LogP contribution in [0.2, 0.25) is 0 Å². The molecule has 0 aliphatic carbocycles. The summed E-state index contributed by atoms with van der Waals surface area (Å²) in [5, 5.41) is 9.72. The Hall–Kier alpha value is -3.37. The third-order valence-electron chi connectivity index (χ3n) is 4.59. The average Bonchev–Trinajstić information content (AvgIpc) is 2.82. The number of aliphatic hydroxyl groups excluding tert-OH is 1. The molecule has 7 nitrogen and oxygen atoms in total. The number of carbonyl (C=O) groups excluding carboxylic acids is 2. The van der Waals surface area contributed by atoms with Crippen molar-refractivity contribution in [2.24, 2.45) is 0 Å². The lowest BCUT2D eigenvalue weighted by Gasteiger charge is -2.20. The van der Waals surface area contributed by atoms with Crippen molar-refractivity contribution in [2.75, 3.05) is 26.4 Å². The summed E-state index contributed by atoms with van der Waals surface area (Å²) < 4.78 is 57.6. The summed E-state index contributed by atoms with van der Waals surface area (Å²) >= 11 is 0. The Bertz CT molecular complexity index is 957. The quantitative estimate of drug-likeness (QED) is 0.335. The maximum Gasteiger partial charge on any atom is 0.490 e. The molecule has 2 atom stereocenters. The SMILES string of the molecule is C=CC(=O)OCC(O)COCC(COc1ccc(Cc2ccc(C)cc2)cc1)OC(=O)C(F)(F)F. The predicted molar refractivity (Wildman–Crippen MR) is 120 cm³/mol. The van der Waals surface area contributed by atoms with Crippen LogP contribution in [0.1, 0.15) is 16.7 Å². The van der Waals surface area contributed by atoms with Crippen molar-refractivity contribution in [3.63, 3.8) is 0 Å². The van der Waals surface area contributed by atoms with Crippen LogP contribution in [0.25, 0.3) is 0 Å². The first-order chi connectivity index (χ1) is 16.6. The van der Waals surface area contributed by atoms with Crippen LogP contribution in [0.4, 0.5) is 13.2 Å². The van der Waals surface area contributed by atoms with Gasteiger partial charge in [0.15, 0.2) is 6.10 Å². The van der Waals surface area contributed by atoms with Gasteiger partial charge in [-0.25, -0.2) is 9.59 Å². The first-order valence-electron chi connectivity index (χ1n) is 10.7. The predicted octanol–water partition coefficient (Wildman–Crippen LogP) is 3.55. The molecule has 2 aromatic rings. The number of aliphatic hydroxyl groups is 1. The smallest absolute Gasteiger partial charge is 0.490 e. The maximum absolute atomic E-state index is 12.6. The number of aryl methyl sites for hydroxylation is 1. The summed E-state index contributed by atoms with van der Waals surface area (Å²) in [5.41, 5.74) is 3.30. The zero-order valence-corrected chi connectivity index (χ0v) is 19.1. The highest BCUT2D eigenvalue weighted by molar-refractivity contribution is 5.81. The van der Waals surface area contributed by atoms with E-state index in [0.717, 1.165) is 22.8 Å². The molecule has 0 saturated heterocycles. The molecule has 0 spiro atoms. The highest BCUT2D eigenvalue weighted by Gasteiger charge is 2.42. The van der Waals surface area contributed by atoms with Gasteiger partial charge in [0.25, 0.3) is 0 Å². The van der Waals surface area contributed by atoms with Crippen molar-refractivity contribution in [2.45, 2.75) is 31.7 Å². The number of alkyl halides is 3. The molecule has 0 amide bonds. The monoisotopic (exact) mass is 496 g/mol. The lowest BCUT2D eigenvalue weighted by Crippen LogP contribution is -2.36. The number of rotatable bonds is 13. The molecular weight excluding hydrogens is 469 g/mol. The second kappa shape index (κ2) is 13.5. The summed E-state index contributed by atoms with van der Waals surface area (Å²) in [6.45, 7) is 3.53. The van der Waals surface area contributed by atoms with E-state index in [-0.39, 0.29) is 6.61 Å². The molecule has 1 N–H and O–H groups in total. The molecule has 0 fully saturated rings. The third kappa shape index (κ3) is 10.6. The number of hydrogen-bond donors (Lipinski definition) is 1. The molecule has 2 rings (SSSR count). The second-order valence-corrected chi connectivity index (χ2v) is 7.67. The maximum atomic E-state index is 12.6. The van der Waals surface area contributed by atoms with Gasteiger partial charge < -0.3 is 24.1 Å². The topological polar surface area (TPSA) is 91.3 Å². The minimum Gasteiger partial charge on any atom is -0.490 e. The van der Waals surface area contributed by atoms with E-state index in [1.54, 1.807) is 12.1 Å². The van der Waals surface area contributed by atoms with Gasteiger partial charge in [-0.05, 0) is 36.6 Å². The Morgan fingerprint density at radius 2 is 1.57 bits per heavy atom. The average molecular weight is 496 g/mol. The molecule has 2 unspecified atom stereocenters. The molecule has 0 radical (unpaired) electrons. The lowest BCUT2D eigenvalue weighted by atomic mass is 10.0. The Labute approximate surface area is 201 Å². The van der Waals surface area contributed by atoms with Crippen LogP contribution in [-0.2, 0) is 30.2 Å². The number of benzene rings is 2. The number of hydrogen-bond acceptors (Lipinski definition) is 7. The number of esters is 2. The van der Waals surface area contributed by atoms with Crippen LogP contribution in [0.5, 0.6) is 5.75 Å². The molecule has 0 aliphatic heterocycles. The molecule has 0 bridgehead atoms. The van der Waals surface area contributed by atoms with Crippen molar-refractivity contribution in [1.82, 2.24) is 0 Å². The Morgan fingerprint density at radius 1 is 0.971 bits per heavy atom. The van der Waals surface area contributed by atoms with E-state index >= 15 is 0 Å². The van der Waals surface area contributed by atoms with Gasteiger partial charge in [0.1, 0.15) is 25.1 Å². The molecule has 2 aromatic carbocycles. The highest BCUT2D eigenvalue weighted by atomic mass is 19.4. The fourth-order valence-corrected chi connectivity index (χ4v) is 2.79. The van der Waals surface area contributed by atoms with Crippen LogP contribution in [-0.4, -0.2) is 61.9 Å². The van der Waals surface area contributed by atoms with Gasteiger partial charge in [0, 0.05) is 6.08 Å². The van der Waals surface area contributed by atoms with E-state index in [9.17, 15) is 27.9 Å². The first kappa shape index (κ1) is 27.9. The van der Waals surface area contributed by atoms with Crippen LogP contribution >= 0.6 is 0 Å². The lowest BCUT2D eigenvalue weighted by molar-refractivity contribution is -0.208. The molecule has 190 valence electrons. The van der Waals surface area contributed by atoms with Gasteiger partial charge in [-0.15, -0.1) is 0 Å². The summed E-state index contributed by atoms with van der Waals surface area (Å²) in [6.07, 6.45) is -6.22. The van der Waals surface area contributed by atoms with E-state index in [1.165, 1.54) is 0 Å². The number of carbonyl (C=O) groups is 2. The zero-order chi connectivity index (χ0) is 25.8. The van der Waals surface area contributed by atoms with E-state index in [1.807, 2.05) is 43.3 Å². The van der Waals surface area contributed by atoms with Crippen molar-refractivity contribution < 1.29 is 46.8 Å². The third-order valence-corrected chi connectivity index (χ3v) is 4.59. The number of halogens is 3. The standard InChI is InChI=1S/C25H27F3O7/c1-3-23(30)34-14-20(29)13-32-15-22(35-24(31)25(26,27)28)16-33-21-10-8-19(9-11-21)12-18-6-4-17(2)5-7-18/h3-11,20,22,29H,1,12-16H2,2H3. The fraction of sp³-hybridized carbons (Fsp3) is 0.360. The minimum absolute atomic E-state index is 0.363. The van der Waals surface area contributed by atoms with Gasteiger partial charge in [-0.1, -0.05) is 48.5 Å². The van der Waals surface area contributed by atoms with E-state index < -0.39 is 50.1 Å². The second-order valence-electron chi connectivity index (χ2n) is 7.67. The van der Waals surface area contributed by atoms with Crippen molar-refractivity contribution in [3.8, 4) is 5.75 Å². The number of ether oxygens (including phenoxy) is 4. The van der Waals surface area contributed by atoms with E-state index in [4.69, 9.17) is 9.47 Å². The zero-order valence-electron chi connectivity index (χ0n) is 19.1. The van der Waals surface area contributed by atoms with Gasteiger partial charge >= 0.3 is 18.1 Å². The largest absolute Gasteiger partial charge is 0.490 e. The first-order valence-corrected chi connectivity index (χ1v) is 10.7. The molecule has 10 heteroatoms. The highest BCUT2D eigenvalue weighted by Crippen LogP contribution is 2.19. The molecular formula is C25H27F3O7. The molecule has 35 heavy (non-hydrogen) atoms. The van der Waals surface area contributed by atoms with Crippen LogP contribution in [0.15, 0.2) is 61.2 Å². The van der Waals surface area contributed by atoms with Crippen molar-refractivity contribution in [3.05, 3.63) is 77.9 Å². The fourth-order valence-electron chi connectivity index (χ4n) is 2.79. The Kier molecular flexibility index (Phi) is 10.8. The summed E-state index contributed by atoms with van der Waals surface area (Å²) in [5.74, 6) is -2.77. The molecule has 0 aromatic heterocycles. The van der Waals surface area contributed by atoms with Crippen LogP contribution in [0, 0.1) is 6.92 Å². The van der Waals surface area contributed by atoms with Gasteiger partial charge in [0.2, 0.25) is 0 Å². The van der Waals surface area contributed by atoms with Crippen LogP contribution < -0.4 is 4.74 Å². The Morgan fingerprint density at radius 3 is 2.14 bits per heavy atom.